The zero-order valence-corrected chi connectivity index (χ0v) is 13.4. The molecule has 2 amide bonds. The fourth-order valence-corrected chi connectivity index (χ4v) is 3.69. The molecule has 2 atom stereocenters. The molecule has 0 aromatic carbocycles. The van der Waals surface area contributed by atoms with Crippen LogP contribution in [0.1, 0.15) is 43.7 Å². The first-order valence-corrected chi connectivity index (χ1v) is 8.11. The number of rotatable bonds is 3. The second-order valence-electron chi connectivity index (χ2n) is 6.37. The summed E-state index contributed by atoms with van der Waals surface area (Å²) in [4.78, 5) is 16.6. The SMILES string of the molecule is CO[C@@H]1CN(C(=O)N(C)C2CCCCC2)C[C@H]1c1cn[nH]n1. The highest BCUT2D eigenvalue weighted by molar-refractivity contribution is 5.75. The van der Waals surface area contributed by atoms with Crippen molar-refractivity contribution in [1.29, 1.82) is 0 Å². The van der Waals surface area contributed by atoms with Crippen molar-refractivity contribution < 1.29 is 9.53 Å². The van der Waals surface area contributed by atoms with E-state index in [1.54, 1.807) is 13.3 Å². The van der Waals surface area contributed by atoms with Gasteiger partial charge in [-0.1, -0.05) is 19.3 Å². The molecule has 1 aliphatic heterocycles. The van der Waals surface area contributed by atoms with Crippen LogP contribution in [-0.4, -0.2) is 70.6 Å². The Hall–Kier alpha value is -1.63. The molecule has 1 aliphatic carbocycles. The summed E-state index contributed by atoms with van der Waals surface area (Å²) in [6, 6.07) is 0.494. The quantitative estimate of drug-likeness (QED) is 0.920. The van der Waals surface area contributed by atoms with Gasteiger partial charge in [0.15, 0.2) is 0 Å². The van der Waals surface area contributed by atoms with Crippen molar-refractivity contribution in [3.63, 3.8) is 0 Å². The average Bonchev–Trinajstić information content (AvgIpc) is 3.23. The highest BCUT2D eigenvalue weighted by Crippen LogP contribution is 2.29. The summed E-state index contributed by atoms with van der Waals surface area (Å²) in [5, 5.41) is 10.7. The third-order valence-electron chi connectivity index (χ3n) is 5.08. The summed E-state index contributed by atoms with van der Waals surface area (Å²) in [6.07, 6.45) is 7.69. The Balaban J connectivity index is 1.66. The molecule has 1 N–H and O–H groups in total. The van der Waals surface area contributed by atoms with Crippen LogP contribution in [0.2, 0.25) is 0 Å². The fraction of sp³-hybridized carbons (Fsp3) is 0.800. The van der Waals surface area contributed by atoms with E-state index in [9.17, 15) is 4.79 Å². The molecule has 2 fully saturated rings. The minimum Gasteiger partial charge on any atom is -0.379 e. The van der Waals surface area contributed by atoms with Crippen molar-refractivity contribution in [1.82, 2.24) is 25.2 Å². The lowest BCUT2D eigenvalue weighted by atomic mass is 9.95. The number of urea groups is 1. The first-order valence-electron chi connectivity index (χ1n) is 8.11. The molecule has 2 heterocycles. The van der Waals surface area contributed by atoms with Crippen LogP contribution in [0.4, 0.5) is 4.79 Å². The summed E-state index contributed by atoms with van der Waals surface area (Å²) < 4.78 is 5.56. The highest BCUT2D eigenvalue weighted by Gasteiger charge is 2.39. The van der Waals surface area contributed by atoms with Gasteiger partial charge >= 0.3 is 6.03 Å². The molecular formula is C15H25N5O2. The number of methoxy groups -OCH3 is 1. The third-order valence-corrected chi connectivity index (χ3v) is 5.08. The van der Waals surface area contributed by atoms with Gasteiger partial charge in [-0.05, 0) is 12.8 Å². The van der Waals surface area contributed by atoms with Gasteiger partial charge in [-0.3, -0.25) is 0 Å². The zero-order chi connectivity index (χ0) is 15.5. The summed E-state index contributed by atoms with van der Waals surface area (Å²) in [6.45, 7) is 1.25. The predicted molar refractivity (Wildman–Crippen MR) is 81.5 cm³/mol. The molecule has 1 saturated heterocycles. The van der Waals surface area contributed by atoms with E-state index in [-0.39, 0.29) is 18.1 Å². The lowest BCUT2D eigenvalue weighted by Crippen LogP contribution is -2.46. The van der Waals surface area contributed by atoms with E-state index in [4.69, 9.17) is 4.74 Å². The molecule has 1 aromatic heterocycles. The van der Waals surface area contributed by atoms with Crippen LogP contribution in [0.5, 0.6) is 0 Å². The Morgan fingerprint density at radius 2 is 2.14 bits per heavy atom. The maximum atomic E-state index is 12.8. The Labute approximate surface area is 131 Å². The first kappa shape index (κ1) is 15.3. The molecule has 0 radical (unpaired) electrons. The number of hydrogen-bond donors (Lipinski definition) is 1. The van der Waals surface area contributed by atoms with Crippen LogP contribution in [0.15, 0.2) is 6.20 Å². The lowest BCUT2D eigenvalue weighted by molar-refractivity contribution is 0.0933. The van der Waals surface area contributed by atoms with Crippen LogP contribution >= 0.6 is 0 Å². The van der Waals surface area contributed by atoms with Gasteiger partial charge in [-0.25, -0.2) is 4.79 Å². The number of aromatic amines is 1. The minimum atomic E-state index is -0.0196. The van der Waals surface area contributed by atoms with Crippen molar-refractivity contribution in [3.05, 3.63) is 11.9 Å². The van der Waals surface area contributed by atoms with Gasteiger partial charge in [0.25, 0.3) is 0 Å². The van der Waals surface area contributed by atoms with Crippen molar-refractivity contribution in [3.8, 4) is 0 Å². The van der Waals surface area contributed by atoms with E-state index in [1.807, 2.05) is 16.8 Å². The number of carbonyl (C=O) groups is 1. The maximum Gasteiger partial charge on any atom is 0.320 e. The maximum absolute atomic E-state index is 12.8. The second-order valence-corrected chi connectivity index (χ2v) is 6.37. The number of H-pyrrole nitrogens is 1. The van der Waals surface area contributed by atoms with Crippen molar-refractivity contribution >= 4 is 6.03 Å². The molecule has 0 bridgehead atoms. The molecule has 1 aromatic rings. The third kappa shape index (κ3) is 2.95. The van der Waals surface area contributed by atoms with Gasteiger partial charge in [0.05, 0.1) is 23.9 Å². The topological polar surface area (TPSA) is 74.3 Å². The molecule has 22 heavy (non-hydrogen) atoms. The van der Waals surface area contributed by atoms with Crippen molar-refractivity contribution in [2.45, 2.75) is 50.2 Å². The average molecular weight is 307 g/mol. The number of aromatic nitrogens is 3. The summed E-state index contributed by atoms with van der Waals surface area (Å²) in [5.41, 5.74) is 0.863. The van der Waals surface area contributed by atoms with Gasteiger partial charge in [0.2, 0.25) is 0 Å². The van der Waals surface area contributed by atoms with Crippen LogP contribution in [0, 0.1) is 0 Å². The van der Waals surface area contributed by atoms with E-state index in [0.717, 1.165) is 18.5 Å². The normalized spacial score (nSPS) is 26.4. The van der Waals surface area contributed by atoms with E-state index in [1.165, 1.54) is 19.3 Å². The number of likely N-dealkylation sites (tertiary alicyclic amines) is 1. The number of carbonyl (C=O) groups excluding carboxylic acids is 1. The molecule has 7 heteroatoms. The lowest BCUT2D eigenvalue weighted by Gasteiger charge is -2.34. The molecular weight excluding hydrogens is 282 g/mol. The van der Waals surface area contributed by atoms with E-state index in [2.05, 4.69) is 15.4 Å². The van der Waals surface area contributed by atoms with Crippen molar-refractivity contribution in [2.75, 3.05) is 27.2 Å². The molecule has 3 rings (SSSR count). The van der Waals surface area contributed by atoms with E-state index in [0.29, 0.717) is 19.1 Å². The van der Waals surface area contributed by atoms with E-state index < -0.39 is 0 Å². The number of ether oxygens (including phenoxy) is 1. The van der Waals surface area contributed by atoms with Gasteiger partial charge in [-0.2, -0.15) is 15.4 Å². The molecule has 2 aliphatic rings. The molecule has 7 nitrogen and oxygen atoms in total. The van der Waals surface area contributed by atoms with Gasteiger partial charge in [0.1, 0.15) is 0 Å². The van der Waals surface area contributed by atoms with Crippen LogP contribution < -0.4 is 0 Å². The van der Waals surface area contributed by atoms with Gasteiger partial charge in [-0.15, -0.1) is 0 Å². The first-order chi connectivity index (χ1) is 10.7. The standard InChI is InChI=1S/C15H25N5O2/c1-19(11-6-4-3-5-7-11)15(21)20-9-12(14(10-20)22-2)13-8-16-18-17-13/h8,11-12,14H,3-7,9-10H2,1-2H3,(H,16,17,18)/t12-,14+/m0/s1. The second kappa shape index (κ2) is 6.64. The van der Waals surface area contributed by atoms with Crippen LogP contribution in [0.25, 0.3) is 0 Å². The van der Waals surface area contributed by atoms with Gasteiger partial charge < -0.3 is 14.5 Å². The monoisotopic (exact) mass is 307 g/mol. The Bertz CT molecular complexity index is 486. The largest absolute Gasteiger partial charge is 0.379 e. The van der Waals surface area contributed by atoms with Gasteiger partial charge in [0, 0.05) is 33.3 Å². The molecule has 1 saturated carbocycles. The Morgan fingerprint density at radius 3 is 2.77 bits per heavy atom. The molecule has 0 unspecified atom stereocenters. The Kier molecular flexibility index (Phi) is 4.61. The molecule has 0 spiro atoms. The summed E-state index contributed by atoms with van der Waals surface area (Å²) >= 11 is 0. The summed E-state index contributed by atoms with van der Waals surface area (Å²) in [7, 11) is 3.63. The van der Waals surface area contributed by atoms with Crippen LogP contribution in [-0.2, 0) is 4.74 Å². The fourth-order valence-electron chi connectivity index (χ4n) is 3.69. The van der Waals surface area contributed by atoms with Crippen LogP contribution in [0.3, 0.4) is 0 Å². The number of hydrogen-bond acceptors (Lipinski definition) is 4. The van der Waals surface area contributed by atoms with E-state index >= 15 is 0 Å². The highest BCUT2D eigenvalue weighted by atomic mass is 16.5. The molecule has 122 valence electrons. The minimum absolute atomic E-state index is 0.0196. The smallest absolute Gasteiger partial charge is 0.320 e. The zero-order valence-electron chi connectivity index (χ0n) is 13.4. The number of nitrogens with zero attached hydrogens (tertiary/aromatic N) is 4. The summed E-state index contributed by atoms with van der Waals surface area (Å²) in [5.74, 6) is 0.0902. The Morgan fingerprint density at radius 1 is 1.36 bits per heavy atom. The number of amides is 2. The van der Waals surface area contributed by atoms with Crippen molar-refractivity contribution in [2.24, 2.45) is 0 Å². The number of nitrogens with one attached hydrogen (secondary N) is 1. The predicted octanol–water partition coefficient (Wildman–Crippen LogP) is 1.60.